The number of anilines is 1. The summed E-state index contributed by atoms with van der Waals surface area (Å²) in [4.78, 5) is 61.9. The number of likely N-dealkylation sites (N-methyl/N-ethyl adjacent to an activating group) is 1. The SMILES string of the molecule is CN(C(=O)Cc1ccc2ncc(=O)[nH]c2c1)[C@H](CN1CC[C@H](O)C1)c1cccc(C#N)c1.O=C1Cc2cc(CC(=O)N[C@H](CN3CC[C@H](O)C3)c3ccccc3)ccc2N1. The normalized spacial score (nSPS) is 18.5. The molecule has 14 heteroatoms. The number of carbonyl (C=O) groups excluding carboxylic acids is 3. The van der Waals surface area contributed by atoms with Crippen LogP contribution in [0.3, 0.4) is 0 Å². The molecule has 2 saturated heterocycles. The molecule has 3 amide bonds. The Labute approximate surface area is 348 Å². The predicted molar refractivity (Wildman–Crippen MR) is 227 cm³/mol. The molecule has 5 N–H and O–H groups in total. The number of nitriles is 1. The van der Waals surface area contributed by atoms with Gasteiger partial charge < -0.3 is 30.7 Å². The first-order chi connectivity index (χ1) is 29.0. The van der Waals surface area contributed by atoms with E-state index in [1.165, 1.54) is 6.20 Å². The topological polar surface area (TPSA) is 195 Å². The van der Waals surface area contributed by atoms with E-state index in [1.54, 1.807) is 30.1 Å². The molecule has 4 aromatic carbocycles. The van der Waals surface area contributed by atoms with Crippen molar-refractivity contribution in [1.82, 2.24) is 30.0 Å². The lowest BCUT2D eigenvalue weighted by atomic mass is 10.0. The zero-order valence-electron chi connectivity index (χ0n) is 33.6. The second-order valence-electron chi connectivity index (χ2n) is 15.9. The number of aromatic amines is 1. The number of rotatable bonds is 12. The Morgan fingerprint density at radius 2 is 1.58 bits per heavy atom. The standard InChI is InChI=1S/C24H25N5O3.C22H25N3O3/c1-28(24(32)11-16-5-6-20-21(10-16)27-23(31)13-26-20)22(15-29-8-7-19(30)14-29)18-4-2-3-17(9-18)12-25;26-18-8-9-25(13-18)14-20(16-4-2-1-3-5-16)24-21(27)11-15-6-7-19-17(10-15)12-22(28)23-19/h2-6,9-10,13,19,22,30H,7-8,11,14-15H2,1H3,(H,27,31);1-7,10,18,20,26H,8-9,11-14H2,(H,23,28)(H,24,27)/t19-,22+;18-,20+/m00/s1. The number of amides is 3. The summed E-state index contributed by atoms with van der Waals surface area (Å²) < 4.78 is 0. The highest BCUT2D eigenvalue weighted by molar-refractivity contribution is 5.99. The van der Waals surface area contributed by atoms with Gasteiger partial charge in [0.15, 0.2) is 0 Å². The molecule has 4 heterocycles. The van der Waals surface area contributed by atoms with Gasteiger partial charge in [-0.3, -0.25) is 29.0 Å². The first-order valence-corrected chi connectivity index (χ1v) is 20.3. The minimum absolute atomic E-state index is 0.00598. The van der Waals surface area contributed by atoms with E-state index in [2.05, 4.69) is 36.5 Å². The Hall–Kier alpha value is -6.24. The molecule has 14 nitrogen and oxygen atoms in total. The zero-order valence-corrected chi connectivity index (χ0v) is 33.6. The maximum atomic E-state index is 13.2. The van der Waals surface area contributed by atoms with Crippen molar-refractivity contribution in [2.75, 3.05) is 51.6 Å². The molecule has 0 saturated carbocycles. The van der Waals surface area contributed by atoms with Crippen molar-refractivity contribution < 1.29 is 24.6 Å². The van der Waals surface area contributed by atoms with Crippen molar-refractivity contribution in [1.29, 1.82) is 5.26 Å². The fourth-order valence-electron chi connectivity index (χ4n) is 8.14. The molecule has 3 aliphatic rings. The maximum Gasteiger partial charge on any atom is 0.266 e. The van der Waals surface area contributed by atoms with Gasteiger partial charge in [0.05, 0.1) is 72.4 Å². The van der Waals surface area contributed by atoms with Gasteiger partial charge in [-0.2, -0.15) is 5.26 Å². The second kappa shape index (κ2) is 19.2. The highest BCUT2D eigenvalue weighted by Gasteiger charge is 2.29. The van der Waals surface area contributed by atoms with Gasteiger partial charge in [-0.25, -0.2) is 4.98 Å². The molecule has 1 aromatic heterocycles. The van der Waals surface area contributed by atoms with Crippen LogP contribution in [0.15, 0.2) is 102 Å². The zero-order chi connectivity index (χ0) is 42.2. The lowest BCUT2D eigenvalue weighted by Crippen LogP contribution is -2.39. The van der Waals surface area contributed by atoms with Gasteiger partial charge in [0.25, 0.3) is 5.56 Å². The average Bonchev–Trinajstić information content (AvgIpc) is 3.97. The summed E-state index contributed by atoms with van der Waals surface area (Å²) in [6, 6.07) is 30.1. The Kier molecular flexibility index (Phi) is 13.4. The summed E-state index contributed by atoms with van der Waals surface area (Å²) in [6.45, 7) is 4.07. The lowest BCUT2D eigenvalue weighted by Gasteiger charge is -2.32. The monoisotopic (exact) mass is 810 g/mol. The number of aliphatic hydroxyl groups excluding tert-OH is 2. The van der Waals surface area contributed by atoms with Gasteiger partial charge in [-0.05, 0) is 71.0 Å². The van der Waals surface area contributed by atoms with E-state index in [4.69, 9.17) is 0 Å². The molecule has 0 aliphatic carbocycles. The molecule has 4 atom stereocenters. The summed E-state index contributed by atoms with van der Waals surface area (Å²) >= 11 is 0. The van der Waals surface area contributed by atoms with Gasteiger partial charge in [0, 0.05) is 52.0 Å². The van der Waals surface area contributed by atoms with Crippen LogP contribution in [-0.2, 0) is 33.6 Å². The third-order valence-corrected chi connectivity index (χ3v) is 11.3. The fraction of sp³-hybridized carbons (Fsp3) is 0.348. The predicted octanol–water partition coefficient (Wildman–Crippen LogP) is 3.25. The smallest absolute Gasteiger partial charge is 0.266 e. The van der Waals surface area contributed by atoms with Crippen LogP contribution in [0.1, 0.15) is 58.3 Å². The van der Waals surface area contributed by atoms with Crippen molar-refractivity contribution in [3.63, 3.8) is 0 Å². The number of benzene rings is 4. The number of hydrogen-bond donors (Lipinski definition) is 5. The number of hydrogen-bond acceptors (Lipinski definition) is 10. The molecule has 2 fully saturated rings. The van der Waals surface area contributed by atoms with E-state index in [-0.39, 0.29) is 60.4 Å². The summed E-state index contributed by atoms with van der Waals surface area (Å²) in [6.07, 6.45) is 2.90. The number of nitrogens with zero attached hydrogens (tertiary/aromatic N) is 5. The van der Waals surface area contributed by atoms with Crippen LogP contribution in [-0.4, -0.2) is 111 Å². The molecule has 0 bridgehead atoms. The molecule has 60 heavy (non-hydrogen) atoms. The van der Waals surface area contributed by atoms with Crippen molar-refractivity contribution in [2.24, 2.45) is 0 Å². The van der Waals surface area contributed by atoms with Crippen LogP contribution in [0.4, 0.5) is 5.69 Å². The van der Waals surface area contributed by atoms with E-state index in [0.717, 1.165) is 53.0 Å². The Balaban J connectivity index is 0.000000183. The number of likely N-dealkylation sites (tertiary alicyclic amines) is 2. The first kappa shape index (κ1) is 41.9. The molecule has 3 aliphatic heterocycles. The van der Waals surface area contributed by atoms with Crippen LogP contribution in [0.25, 0.3) is 11.0 Å². The minimum Gasteiger partial charge on any atom is -0.392 e. The van der Waals surface area contributed by atoms with Crippen molar-refractivity contribution >= 4 is 34.4 Å². The van der Waals surface area contributed by atoms with Gasteiger partial charge in [0.1, 0.15) is 0 Å². The molecular weight excluding hydrogens is 761 g/mol. The van der Waals surface area contributed by atoms with Gasteiger partial charge in [0.2, 0.25) is 17.7 Å². The van der Waals surface area contributed by atoms with Crippen molar-refractivity contribution in [3.8, 4) is 6.07 Å². The molecule has 0 spiro atoms. The molecule has 0 unspecified atom stereocenters. The molecule has 0 radical (unpaired) electrons. The molecule has 8 rings (SSSR count). The Morgan fingerprint density at radius 3 is 2.30 bits per heavy atom. The van der Waals surface area contributed by atoms with E-state index in [9.17, 15) is 34.7 Å². The number of H-pyrrole nitrogens is 1. The van der Waals surface area contributed by atoms with Crippen LogP contribution >= 0.6 is 0 Å². The van der Waals surface area contributed by atoms with Crippen molar-refractivity contribution in [3.05, 3.63) is 141 Å². The van der Waals surface area contributed by atoms with E-state index in [0.29, 0.717) is 55.6 Å². The van der Waals surface area contributed by atoms with Crippen LogP contribution in [0.5, 0.6) is 0 Å². The molecule has 5 aromatic rings. The minimum atomic E-state index is -0.351. The van der Waals surface area contributed by atoms with Gasteiger partial charge >= 0.3 is 0 Å². The maximum absolute atomic E-state index is 13.2. The van der Waals surface area contributed by atoms with Crippen molar-refractivity contribution in [2.45, 2.75) is 56.4 Å². The third kappa shape index (κ3) is 10.9. The highest BCUT2D eigenvalue weighted by atomic mass is 16.3. The van der Waals surface area contributed by atoms with E-state index >= 15 is 0 Å². The van der Waals surface area contributed by atoms with E-state index < -0.39 is 0 Å². The largest absolute Gasteiger partial charge is 0.392 e. The number of aliphatic hydroxyl groups is 2. The summed E-state index contributed by atoms with van der Waals surface area (Å²) in [7, 11) is 1.77. The van der Waals surface area contributed by atoms with Crippen LogP contribution in [0.2, 0.25) is 0 Å². The van der Waals surface area contributed by atoms with Crippen LogP contribution < -0.4 is 16.2 Å². The lowest BCUT2D eigenvalue weighted by molar-refractivity contribution is -0.131. The van der Waals surface area contributed by atoms with Gasteiger partial charge in [-0.15, -0.1) is 0 Å². The number of fused-ring (bicyclic) bond motifs is 2. The number of nitrogens with one attached hydrogen (secondary N) is 3. The van der Waals surface area contributed by atoms with Crippen LogP contribution in [0, 0.1) is 11.3 Å². The first-order valence-electron chi connectivity index (χ1n) is 20.3. The second-order valence-corrected chi connectivity index (χ2v) is 15.9. The molecular formula is C46H50N8O6. The number of carbonyl (C=O) groups is 3. The summed E-state index contributed by atoms with van der Waals surface area (Å²) in [5, 5.41) is 35.0. The quantitative estimate of drug-likeness (QED) is 0.125. The summed E-state index contributed by atoms with van der Waals surface area (Å²) in [5.74, 6) is -0.137. The Morgan fingerprint density at radius 1 is 0.883 bits per heavy atom. The van der Waals surface area contributed by atoms with E-state index in [1.807, 2.05) is 72.8 Å². The summed E-state index contributed by atoms with van der Waals surface area (Å²) in [5.41, 5.74) is 6.90. The third-order valence-electron chi connectivity index (χ3n) is 11.3. The number of aromatic nitrogens is 2. The number of β-amino-alcohol motifs (C(OH)–C–C–N with tert-alkyl or cyclic N) is 2. The van der Waals surface area contributed by atoms with Gasteiger partial charge in [-0.1, -0.05) is 60.7 Å². The Bertz CT molecular complexity index is 2430. The average molecular weight is 811 g/mol. The molecule has 310 valence electrons. The fourth-order valence-corrected chi connectivity index (χ4v) is 8.14. The highest BCUT2D eigenvalue weighted by Crippen LogP contribution is 2.27.